The molecule has 1 amide bonds. The first-order valence-corrected chi connectivity index (χ1v) is 4.30. The van der Waals surface area contributed by atoms with Gasteiger partial charge in [0.15, 0.2) is 0 Å². The zero-order chi connectivity index (χ0) is 10.7. The molecule has 3 N–H and O–H groups in total. The second-order valence-electron chi connectivity index (χ2n) is 2.43. The number of hydrogen-bond acceptors (Lipinski definition) is 4. The number of non-ortho nitro benzene ring substituents is 1. The standard InChI is InChI=1S/C7H6BrN3O3/c8-5-1-4(7(12)10-9)2-6(3-5)11(13)14/h1-3H,9H2,(H,10,12). The molecule has 6 nitrogen and oxygen atoms in total. The number of nitrogens with two attached hydrogens (primary N) is 1. The minimum absolute atomic E-state index is 0.133. The number of halogens is 1. The Morgan fingerprint density at radius 3 is 2.64 bits per heavy atom. The van der Waals surface area contributed by atoms with E-state index in [9.17, 15) is 14.9 Å². The van der Waals surface area contributed by atoms with Crippen LogP contribution in [0.2, 0.25) is 0 Å². The summed E-state index contributed by atoms with van der Waals surface area (Å²) in [4.78, 5) is 20.9. The predicted octanol–water partition coefficient (Wildman–Crippen LogP) is 0.961. The molecule has 0 unspecified atom stereocenters. The van der Waals surface area contributed by atoms with Gasteiger partial charge in [0.05, 0.1) is 4.92 Å². The molecule has 14 heavy (non-hydrogen) atoms. The fourth-order valence-electron chi connectivity index (χ4n) is 0.894. The summed E-state index contributed by atoms with van der Waals surface area (Å²) in [5.41, 5.74) is 1.86. The van der Waals surface area contributed by atoms with Crippen LogP contribution in [-0.2, 0) is 0 Å². The summed E-state index contributed by atoms with van der Waals surface area (Å²) in [7, 11) is 0. The van der Waals surface area contributed by atoms with Gasteiger partial charge in [-0.1, -0.05) is 15.9 Å². The number of nitrogen functional groups attached to an aromatic ring is 1. The summed E-state index contributed by atoms with van der Waals surface area (Å²) in [6.45, 7) is 0. The van der Waals surface area contributed by atoms with Crippen LogP contribution in [0.1, 0.15) is 10.4 Å². The summed E-state index contributed by atoms with van der Waals surface area (Å²) in [5.74, 6) is 4.32. The number of benzene rings is 1. The third kappa shape index (κ3) is 2.27. The number of rotatable bonds is 2. The van der Waals surface area contributed by atoms with Gasteiger partial charge in [0.2, 0.25) is 0 Å². The van der Waals surface area contributed by atoms with E-state index in [4.69, 9.17) is 5.84 Å². The van der Waals surface area contributed by atoms with Crippen LogP contribution in [0.4, 0.5) is 5.69 Å². The number of hydrogen-bond donors (Lipinski definition) is 2. The average Bonchev–Trinajstić information content (AvgIpc) is 2.15. The average molecular weight is 260 g/mol. The number of nitrogens with zero attached hydrogens (tertiary/aromatic N) is 1. The number of amides is 1. The number of carbonyl (C=O) groups excluding carboxylic acids is 1. The quantitative estimate of drug-likeness (QED) is 0.358. The summed E-state index contributed by atoms with van der Waals surface area (Å²) in [6, 6.07) is 3.88. The van der Waals surface area contributed by atoms with Gasteiger partial charge in [-0.05, 0) is 6.07 Å². The van der Waals surface area contributed by atoms with Crippen LogP contribution in [0.3, 0.4) is 0 Å². The lowest BCUT2D eigenvalue weighted by molar-refractivity contribution is -0.385. The largest absolute Gasteiger partial charge is 0.290 e. The van der Waals surface area contributed by atoms with Gasteiger partial charge < -0.3 is 0 Å². The van der Waals surface area contributed by atoms with Crippen molar-refractivity contribution in [2.75, 3.05) is 0 Å². The molecule has 1 aromatic rings. The zero-order valence-corrected chi connectivity index (χ0v) is 8.45. The van der Waals surface area contributed by atoms with Gasteiger partial charge in [-0.2, -0.15) is 0 Å². The van der Waals surface area contributed by atoms with Crippen molar-refractivity contribution >= 4 is 27.5 Å². The molecule has 0 aromatic heterocycles. The predicted molar refractivity (Wildman–Crippen MR) is 52.4 cm³/mol. The zero-order valence-electron chi connectivity index (χ0n) is 6.86. The molecule has 7 heteroatoms. The van der Waals surface area contributed by atoms with E-state index >= 15 is 0 Å². The fraction of sp³-hybridized carbons (Fsp3) is 0. The van der Waals surface area contributed by atoms with E-state index in [1.165, 1.54) is 12.1 Å². The van der Waals surface area contributed by atoms with Gasteiger partial charge >= 0.3 is 0 Å². The Morgan fingerprint density at radius 2 is 2.14 bits per heavy atom. The highest BCUT2D eigenvalue weighted by Gasteiger charge is 2.12. The molecule has 0 aliphatic rings. The summed E-state index contributed by atoms with van der Waals surface area (Å²) < 4.78 is 0.449. The number of carbonyl (C=O) groups is 1. The molecule has 0 heterocycles. The molecular formula is C7H6BrN3O3. The molecule has 0 spiro atoms. The molecule has 1 aromatic carbocycles. The molecule has 0 aliphatic carbocycles. The Morgan fingerprint density at radius 1 is 1.50 bits per heavy atom. The first-order chi connectivity index (χ1) is 6.54. The van der Waals surface area contributed by atoms with Crippen LogP contribution in [0.25, 0.3) is 0 Å². The number of nitro groups is 1. The van der Waals surface area contributed by atoms with Crippen molar-refractivity contribution < 1.29 is 9.72 Å². The molecule has 0 bridgehead atoms. The Bertz CT molecular complexity index is 394. The van der Waals surface area contributed by atoms with Crippen LogP contribution < -0.4 is 11.3 Å². The maximum atomic E-state index is 11.1. The van der Waals surface area contributed by atoms with Crippen molar-refractivity contribution in [3.8, 4) is 0 Å². The molecule has 0 fully saturated rings. The minimum Gasteiger partial charge on any atom is -0.290 e. The van der Waals surface area contributed by atoms with Crippen molar-refractivity contribution in [3.63, 3.8) is 0 Å². The highest BCUT2D eigenvalue weighted by atomic mass is 79.9. The van der Waals surface area contributed by atoms with Crippen LogP contribution in [0.15, 0.2) is 22.7 Å². The summed E-state index contributed by atoms with van der Waals surface area (Å²) in [6.07, 6.45) is 0. The Labute approximate surface area is 87.3 Å². The molecular weight excluding hydrogens is 254 g/mol. The highest BCUT2D eigenvalue weighted by Crippen LogP contribution is 2.21. The second kappa shape index (κ2) is 4.16. The van der Waals surface area contributed by atoms with Crippen LogP contribution in [0.5, 0.6) is 0 Å². The first kappa shape index (κ1) is 10.6. The molecule has 0 aliphatic heterocycles. The molecule has 1 rings (SSSR count). The van der Waals surface area contributed by atoms with Gasteiger partial charge in [-0.25, -0.2) is 5.84 Å². The highest BCUT2D eigenvalue weighted by molar-refractivity contribution is 9.10. The van der Waals surface area contributed by atoms with Gasteiger partial charge in [0.1, 0.15) is 0 Å². The molecule has 0 saturated heterocycles. The van der Waals surface area contributed by atoms with Crippen molar-refractivity contribution in [1.82, 2.24) is 5.43 Å². The van der Waals surface area contributed by atoms with Gasteiger partial charge in [-0.3, -0.25) is 20.3 Å². The van der Waals surface area contributed by atoms with Crippen molar-refractivity contribution in [1.29, 1.82) is 0 Å². The van der Waals surface area contributed by atoms with E-state index in [2.05, 4.69) is 15.9 Å². The maximum Gasteiger partial charge on any atom is 0.271 e. The van der Waals surface area contributed by atoms with Gasteiger partial charge in [0.25, 0.3) is 11.6 Å². The van der Waals surface area contributed by atoms with E-state index in [1.54, 1.807) is 0 Å². The Kier molecular flexibility index (Phi) is 3.15. The Hall–Kier alpha value is -1.47. The monoisotopic (exact) mass is 259 g/mol. The molecule has 0 saturated carbocycles. The van der Waals surface area contributed by atoms with Crippen molar-refractivity contribution in [2.24, 2.45) is 5.84 Å². The lowest BCUT2D eigenvalue weighted by Gasteiger charge is -2.00. The third-order valence-electron chi connectivity index (χ3n) is 1.49. The van der Waals surface area contributed by atoms with E-state index in [0.29, 0.717) is 4.47 Å². The first-order valence-electron chi connectivity index (χ1n) is 3.50. The third-order valence-corrected chi connectivity index (χ3v) is 1.94. The SMILES string of the molecule is NNC(=O)c1cc(Br)cc([N+](=O)[O-])c1. The topological polar surface area (TPSA) is 98.3 Å². The fourth-order valence-corrected chi connectivity index (χ4v) is 1.38. The normalized spacial score (nSPS) is 9.57. The smallest absolute Gasteiger partial charge is 0.271 e. The van der Waals surface area contributed by atoms with Crippen molar-refractivity contribution in [2.45, 2.75) is 0 Å². The lowest BCUT2D eigenvalue weighted by atomic mass is 10.2. The maximum absolute atomic E-state index is 11.1. The minimum atomic E-state index is -0.585. The van der Waals surface area contributed by atoms with E-state index in [0.717, 1.165) is 6.07 Å². The van der Waals surface area contributed by atoms with Crippen LogP contribution >= 0.6 is 15.9 Å². The Balaban J connectivity index is 3.20. The number of hydrazine groups is 1. The van der Waals surface area contributed by atoms with E-state index in [1.807, 2.05) is 5.43 Å². The summed E-state index contributed by atoms with van der Waals surface area (Å²) >= 11 is 3.05. The van der Waals surface area contributed by atoms with E-state index in [-0.39, 0.29) is 11.3 Å². The van der Waals surface area contributed by atoms with Crippen LogP contribution in [-0.4, -0.2) is 10.8 Å². The molecule has 0 radical (unpaired) electrons. The van der Waals surface area contributed by atoms with Crippen LogP contribution in [0, 0.1) is 10.1 Å². The molecule has 0 atom stereocenters. The molecule has 74 valence electrons. The second-order valence-corrected chi connectivity index (χ2v) is 3.34. The van der Waals surface area contributed by atoms with Crippen molar-refractivity contribution in [3.05, 3.63) is 38.3 Å². The number of nitro benzene ring substituents is 1. The van der Waals surface area contributed by atoms with Gasteiger partial charge in [-0.15, -0.1) is 0 Å². The number of nitrogens with one attached hydrogen (secondary N) is 1. The van der Waals surface area contributed by atoms with E-state index < -0.39 is 10.8 Å². The lowest BCUT2D eigenvalue weighted by Crippen LogP contribution is -2.29. The van der Waals surface area contributed by atoms with Gasteiger partial charge in [0, 0.05) is 22.2 Å². The summed E-state index contributed by atoms with van der Waals surface area (Å²) in [5, 5.41) is 10.4.